The largest absolute Gasteiger partial charge is 0.496 e. The van der Waals surface area contributed by atoms with E-state index in [9.17, 15) is 5.11 Å². The van der Waals surface area contributed by atoms with E-state index >= 15 is 0 Å². The smallest absolute Gasteiger partial charge is 0.125 e. The first-order valence-electron chi connectivity index (χ1n) is 6.55. The Morgan fingerprint density at radius 3 is 2.26 bits per heavy atom. The zero-order valence-electron chi connectivity index (χ0n) is 11.7. The molecule has 0 aromatic heterocycles. The number of methoxy groups -OCH3 is 1. The molecule has 0 aliphatic rings. The van der Waals surface area contributed by atoms with E-state index in [1.807, 2.05) is 36.4 Å². The van der Waals surface area contributed by atoms with Gasteiger partial charge in [-0.15, -0.1) is 0 Å². The van der Waals surface area contributed by atoms with Gasteiger partial charge in [0.15, 0.2) is 0 Å². The predicted molar refractivity (Wildman–Crippen MR) is 77.5 cm³/mol. The summed E-state index contributed by atoms with van der Waals surface area (Å²) in [7, 11) is 1.62. The van der Waals surface area contributed by atoms with Crippen LogP contribution in [-0.4, -0.2) is 12.2 Å². The van der Waals surface area contributed by atoms with Crippen molar-refractivity contribution in [2.24, 2.45) is 0 Å². The molecule has 2 aromatic rings. The van der Waals surface area contributed by atoms with Gasteiger partial charge in [0, 0.05) is 5.56 Å². The maximum absolute atomic E-state index is 10.9. The van der Waals surface area contributed by atoms with Gasteiger partial charge in [0.05, 0.1) is 7.11 Å². The molecule has 0 saturated carbocycles. The normalized spacial score (nSPS) is 13.9. The molecular weight excluding hydrogens is 236 g/mol. The summed E-state index contributed by atoms with van der Waals surface area (Å²) in [6.45, 7) is 3.92. The highest BCUT2D eigenvalue weighted by Crippen LogP contribution is 2.35. The van der Waals surface area contributed by atoms with Crippen molar-refractivity contribution >= 4 is 0 Å². The van der Waals surface area contributed by atoms with E-state index in [4.69, 9.17) is 4.74 Å². The average molecular weight is 256 g/mol. The van der Waals surface area contributed by atoms with Crippen LogP contribution in [0.4, 0.5) is 0 Å². The number of ether oxygens (including phenoxy) is 1. The van der Waals surface area contributed by atoms with Crippen molar-refractivity contribution in [1.82, 2.24) is 0 Å². The Balaban J connectivity index is 2.45. The van der Waals surface area contributed by atoms with Crippen LogP contribution >= 0.6 is 0 Å². The van der Waals surface area contributed by atoms with Crippen molar-refractivity contribution in [2.45, 2.75) is 25.9 Å². The van der Waals surface area contributed by atoms with Gasteiger partial charge in [-0.1, -0.05) is 49.4 Å². The van der Waals surface area contributed by atoms with Crippen molar-refractivity contribution in [1.29, 1.82) is 0 Å². The Morgan fingerprint density at radius 1 is 1.05 bits per heavy atom. The second-order valence-electron chi connectivity index (χ2n) is 4.82. The lowest BCUT2D eigenvalue weighted by atomic mass is 9.87. The molecule has 19 heavy (non-hydrogen) atoms. The van der Waals surface area contributed by atoms with Crippen LogP contribution in [0.25, 0.3) is 0 Å². The summed E-state index contributed by atoms with van der Waals surface area (Å²) in [6.07, 6.45) is 0.997. The molecule has 0 aliphatic heterocycles. The quantitative estimate of drug-likeness (QED) is 0.907. The molecule has 2 rings (SSSR count). The summed E-state index contributed by atoms with van der Waals surface area (Å²) < 4.78 is 5.34. The summed E-state index contributed by atoms with van der Waals surface area (Å²) in [5.41, 5.74) is 1.86. The average Bonchev–Trinajstić information content (AvgIpc) is 2.47. The Hall–Kier alpha value is -1.80. The van der Waals surface area contributed by atoms with Gasteiger partial charge in [-0.2, -0.15) is 0 Å². The third-order valence-corrected chi connectivity index (χ3v) is 3.56. The molecule has 1 unspecified atom stereocenters. The fourth-order valence-electron chi connectivity index (χ4n) is 2.27. The number of para-hydroxylation sites is 1. The van der Waals surface area contributed by atoms with E-state index in [1.54, 1.807) is 14.0 Å². The van der Waals surface area contributed by atoms with Crippen LogP contribution in [0, 0.1) is 0 Å². The first-order valence-corrected chi connectivity index (χ1v) is 6.55. The van der Waals surface area contributed by atoms with Gasteiger partial charge in [-0.05, 0) is 30.5 Å². The molecular formula is C17H20O2. The Morgan fingerprint density at radius 2 is 1.68 bits per heavy atom. The van der Waals surface area contributed by atoms with Crippen LogP contribution < -0.4 is 4.74 Å². The van der Waals surface area contributed by atoms with Crippen molar-refractivity contribution in [3.8, 4) is 5.75 Å². The third-order valence-electron chi connectivity index (χ3n) is 3.56. The lowest BCUT2D eigenvalue weighted by Gasteiger charge is -2.26. The monoisotopic (exact) mass is 256 g/mol. The molecule has 0 radical (unpaired) electrons. The summed E-state index contributed by atoms with van der Waals surface area (Å²) in [5.74, 6) is 0.701. The minimum atomic E-state index is -1.06. The van der Waals surface area contributed by atoms with E-state index in [-0.39, 0.29) is 0 Å². The van der Waals surface area contributed by atoms with Crippen molar-refractivity contribution in [2.75, 3.05) is 7.11 Å². The Kier molecular flexibility index (Phi) is 3.91. The zero-order valence-corrected chi connectivity index (χ0v) is 11.7. The van der Waals surface area contributed by atoms with Crippen molar-refractivity contribution < 1.29 is 9.84 Å². The molecule has 2 nitrogen and oxygen atoms in total. The molecule has 100 valence electrons. The van der Waals surface area contributed by atoms with Gasteiger partial charge >= 0.3 is 0 Å². The summed E-state index contributed by atoms with van der Waals surface area (Å²) in [4.78, 5) is 0. The van der Waals surface area contributed by atoms with E-state index in [0.29, 0.717) is 5.75 Å². The fraction of sp³-hybridized carbons (Fsp3) is 0.294. The molecule has 1 N–H and O–H groups in total. The van der Waals surface area contributed by atoms with Gasteiger partial charge in [0.1, 0.15) is 11.4 Å². The minimum Gasteiger partial charge on any atom is -0.496 e. The van der Waals surface area contributed by atoms with E-state index in [0.717, 1.165) is 17.5 Å². The highest BCUT2D eigenvalue weighted by Gasteiger charge is 2.28. The third kappa shape index (κ3) is 2.64. The van der Waals surface area contributed by atoms with Gasteiger partial charge in [-0.25, -0.2) is 0 Å². The topological polar surface area (TPSA) is 29.5 Å². The Bertz CT molecular complexity index is 541. The standard InChI is InChI=1S/C17H20O2/c1-4-13-9-11-14(12-10-13)17(2,18)15-7-5-6-8-16(15)19-3/h5-12,18H,4H2,1-3H3. The number of aliphatic hydroxyl groups is 1. The van der Waals surface area contributed by atoms with Crippen molar-refractivity contribution in [3.05, 3.63) is 65.2 Å². The van der Waals surface area contributed by atoms with Crippen molar-refractivity contribution in [3.63, 3.8) is 0 Å². The molecule has 1 atom stereocenters. The zero-order chi connectivity index (χ0) is 13.9. The number of benzene rings is 2. The maximum Gasteiger partial charge on any atom is 0.125 e. The number of aryl methyl sites for hydroxylation is 1. The lowest BCUT2D eigenvalue weighted by molar-refractivity contribution is 0.0989. The predicted octanol–water partition coefficient (Wildman–Crippen LogP) is 3.51. The Labute approximate surface area is 114 Å². The molecule has 2 heteroatoms. The SMILES string of the molecule is CCc1ccc(C(C)(O)c2ccccc2OC)cc1. The van der Waals surface area contributed by atoms with Crippen LogP contribution in [-0.2, 0) is 12.0 Å². The first kappa shape index (κ1) is 13.6. The molecule has 0 aliphatic carbocycles. The molecule has 0 bridgehead atoms. The van der Waals surface area contributed by atoms with E-state index in [2.05, 4.69) is 19.1 Å². The molecule has 0 saturated heterocycles. The van der Waals surface area contributed by atoms with E-state index < -0.39 is 5.60 Å². The van der Waals surface area contributed by atoms with Crippen LogP contribution in [0.5, 0.6) is 5.75 Å². The number of rotatable bonds is 4. The van der Waals surface area contributed by atoms with Gasteiger partial charge in [0.25, 0.3) is 0 Å². The van der Waals surface area contributed by atoms with Crippen LogP contribution in [0.1, 0.15) is 30.5 Å². The summed E-state index contributed by atoms with van der Waals surface area (Å²) in [5, 5.41) is 10.9. The lowest BCUT2D eigenvalue weighted by Crippen LogP contribution is -2.23. The molecule has 0 heterocycles. The number of hydrogen-bond acceptors (Lipinski definition) is 2. The molecule has 2 aromatic carbocycles. The van der Waals surface area contributed by atoms with Crippen LogP contribution in [0.3, 0.4) is 0 Å². The minimum absolute atomic E-state index is 0.701. The second-order valence-corrected chi connectivity index (χ2v) is 4.82. The first-order chi connectivity index (χ1) is 9.09. The van der Waals surface area contributed by atoms with E-state index in [1.165, 1.54) is 5.56 Å². The molecule has 0 fully saturated rings. The number of hydrogen-bond donors (Lipinski definition) is 1. The van der Waals surface area contributed by atoms with Gasteiger partial charge in [0.2, 0.25) is 0 Å². The maximum atomic E-state index is 10.9. The second kappa shape index (κ2) is 5.45. The van der Waals surface area contributed by atoms with Crippen LogP contribution in [0.2, 0.25) is 0 Å². The summed E-state index contributed by atoms with van der Waals surface area (Å²) >= 11 is 0. The van der Waals surface area contributed by atoms with Crippen LogP contribution in [0.15, 0.2) is 48.5 Å². The van der Waals surface area contributed by atoms with Gasteiger partial charge in [-0.3, -0.25) is 0 Å². The highest BCUT2D eigenvalue weighted by atomic mass is 16.5. The molecule has 0 amide bonds. The fourth-order valence-corrected chi connectivity index (χ4v) is 2.27. The summed E-state index contributed by atoms with van der Waals surface area (Å²) in [6, 6.07) is 15.6. The molecule has 0 spiro atoms. The highest BCUT2D eigenvalue weighted by molar-refractivity contribution is 5.44. The van der Waals surface area contributed by atoms with Gasteiger partial charge < -0.3 is 9.84 Å².